The van der Waals surface area contributed by atoms with Crippen LogP contribution < -0.4 is 11.1 Å². The Morgan fingerprint density at radius 2 is 1.90 bits per heavy atom. The van der Waals surface area contributed by atoms with E-state index in [0.717, 1.165) is 19.4 Å². The molecule has 5 atom stereocenters. The van der Waals surface area contributed by atoms with Crippen LogP contribution in [0.2, 0.25) is 0 Å². The van der Waals surface area contributed by atoms with E-state index in [0.29, 0.717) is 11.8 Å². The van der Waals surface area contributed by atoms with E-state index >= 15 is 0 Å². The molecule has 1 saturated carbocycles. The molecule has 0 aromatic heterocycles. The first-order chi connectivity index (χ1) is 9.47. The predicted molar refractivity (Wildman–Crippen MR) is 82.3 cm³/mol. The number of nitrogens with two attached hydrogens (primary N) is 1. The van der Waals surface area contributed by atoms with Crippen molar-refractivity contribution in [3.8, 4) is 0 Å². The van der Waals surface area contributed by atoms with Gasteiger partial charge in [0.15, 0.2) is 0 Å². The molecule has 4 nitrogen and oxygen atoms in total. The lowest BCUT2D eigenvalue weighted by molar-refractivity contribution is -0.128. The Morgan fingerprint density at radius 1 is 1.25 bits per heavy atom. The number of rotatable bonds is 4. The van der Waals surface area contributed by atoms with Gasteiger partial charge in [0.1, 0.15) is 0 Å². The Morgan fingerprint density at radius 3 is 2.55 bits per heavy atom. The zero-order valence-corrected chi connectivity index (χ0v) is 13.3. The van der Waals surface area contributed by atoms with Gasteiger partial charge in [0.25, 0.3) is 0 Å². The van der Waals surface area contributed by atoms with Crippen LogP contribution in [-0.2, 0) is 4.79 Å². The molecule has 0 bridgehead atoms. The first-order valence-electron chi connectivity index (χ1n) is 8.25. The van der Waals surface area contributed by atoms with Crippen molar-refractivity contribution in [3.05, 3.63) is 0 Å². The number of carbonyl (C=O) groups is 1. The lowest BCUT2D eigenvalue weighted by Crippen LogP contribution is -2.49. The maximum absolute atomic E-state index is 12.5. The van der Waals surface area contributed by atoms with Crippen molar-refractivity contribution >= 4 is 5.91 Å². The quantitative estimate of drug-likeness (QED) is 0.823. The summed E-state index contributed by atoms with van der Waals surface area (Å²) >= 11 is 0. The van der Waals surface area contributed by atoms with Gasteiger partial charge in [0, 0.05) is 24.5 Å². The van der Waals surface area contributed by atoms with Gasteiger partial charge in [-0.1, -0.05) is 13.8 Å². The van der Waals surface area contributed by atoms with E-state index in [1.807, 2.05) is 0 Å². The third kappa shape index (κ3) is 3.95. The van der Waals surface area contributed by atoms with E-state index in [2.05, 4.69) is 31.0 Å². The molecule has 4 heteroatoms. The van der Waals surface area contributed by atoms with Gasteiger partial charge in [-0.2, -0.15) is 0 Å². The SMILES string of the molecule is CC(CN1CCCC1)NC(=O)C1CC(N)C(C)CC1C. The van der Waals surface area contributed by atoms with Gasteiger partial charge < -0.3 is 16.0 Å². The minimum Gasteiger partial charge on any atom is -0.352 e. The first-order valence-corrected chi connectivity index (χ1v) is 8.25. The molecule has 0 aromatic rings. The average molecular weight is 281 g/mol. The Labute approximate surface area is 123 Å². The van der Waals surface area contributed by atoms with Crippen molar-refractivity contribution in [2.45, 2.75) is 58.5 Å². The molecule has 2 rings (SSSR count). The molecule has 0 aromatic carbocycles. The maximum Gasteiger partial charge on any atom is 0.223 e. The molecule has 1 amide bonds. The fraction of sp³-hybridized carbons (Fsp3) is 0.938. The van der Waals surface area contributed by atoms with Crippen LogP contribution in [0.25, 0.3) is 0 Å². The topological polar surface area (TPSA) is 58.4 Å². The number of hydrogen-bond acceptors (Lipinski definition) is 3. The molecule has 20 heavy (non-hydrogen) atoms. The molecule has 1 heterocycles. The van der Waals surface area contributed by atoms with Crippen molar-refractivity contribution in [2.24, 2.45) is 23.5 Å². The average Bonchev–Trinajstić information content (AvgIpc) is 2.86. The van der Waals surface area contributed by atoms with Crippen LogP contribution in [0.15, 0.2) is 0 Å². The fourth-order valence-electron chi connectivity index (χ4n) is 3.80. The van der Waals surface area contributed by atoms with Crippen LogP contribution in [0.1, 0.15) is 46.5 Å². The summed E-state index contributed by atoms with van der Waals surface area (Å²) < 4.78 is 0. The van der Waals surface area contributed by atoms with E-state index in [1.165, 1.54) is 25.9 Å². The number of likely N-dealkylation sites (tertiary alicyclic amines) is 1. The Balaban J connectivity index is 1.80. The van der Waals surface area contributed by atoms with Gasteiger partial charge in [0.05, 0.1) is 0 Å². The monoisotopic (exact) mass is 281 g/mol. The number of nitrogens with zero attached hydrogens (tertiary/aromatic N) is 1. The molecule has 0 spiro atoms. The molecule has 1 aliphatic carbocycles. The molecule has 3 N–H and O–H groups in total. The number of carbonyl (C=O) groups excluding carboxylic acids is 1. The lowest BCUT2D eigenvalue weighted by atomic mass is 9.72. The summed E-state index contributed by atoms with van der Waals surface area (Å²) in [7, 11) is 0. The summed E-state index contributed by atoms with van der Waals surface area (Å²) in [6, 6.07) is 0.416. The second kappa shape index (κ2) is 6.90. The molecule has 2 fully saturated rings. The highest BCUT2D eigenvalue weighted by atomic mass is 16.2. The van der Waals surface area contributed by atoms with Gasteiger partial charge in [-0.25, -0.2) is 0 Å². The minimum absolute atomic E-state index is 0.0993. The van der Waals surface area contributed by atoms with E-state index in [1.54, 1.807) is 0 Å². The third-order valence-electron chi connectivity index (χ3n) is 5.14. The lowest BCUT2D eigenvalue weighted by Gasteiger charge is -2.36. The van der Waals surface area contributed by atoms with Crippen molar-refractivity contribution in [1.29, 1.82) is 0 Å². The summed E-state index contributed by atoms with van der Waals surface area (Å²) in [6.07, 6.45) is 4.50. The van der Waals surface area contributed by atoms with Crippen molar-refractivity contribution < 1.29 is 4.79 Å². The second-order valence-electron chi connectivity index (χ2n) is 7.11. The minimum atomic E-state index is 0.0993. The molecule has 0 radical (unpaired) electrons. The zero-order valence-electron chi connectivity index (χ0n) is 13.3. The first kappa shape index (κ1) is 15.8. The van der Waals surface area contributed by atoms with Crippen LogP contribution in [0.4, 0.5) is 0 Å². The van der Waals surface area contributed by atoms with Gasteiger partial charge in [0.2, 0.25) is 5.91 Å². The standard InChI is InChI=1S/C16H31N3O/c1-11-8-12(2)15(17)9-14(11)16(20)18-13(3)10-19-6-4-5-7-19/h11-15H,4-10,17H2,1-3H3,(H,18,20). The molecular formula is C16H31N3O. The third-order valence-corrected chi connectivity index (χ3v) is 5.14. The van der Waals surface area contributed by atoms with E-state index in [-0.39, 0.29) is 23.9 Å². The molecule has 1 saturated heterocycles. The van der Waals surface area contributed by atoms with Crippen molar-refractivity contribution in [2.75, 3.05) is 19.6 Å². The summed E-state index contributed by atoms with van der Waals surface area (Å²) in [4.78, 5) is 14.9. The summed E-state index contributed by atoms with van der Waals surface area (Å²) in [5, 5.41) is 3.21. The Kier molecular flexibility index (Phi) is 5.44. The van der Waals surface area contributed by atoms with Crippen molar-refractivity contribution in [3.63, 3.8) is 0 Å². The Hall–Kier alpha value is -0.610. The highest BCUT2D eigenvalue weighted by Crippen LogP contribution is 2.33. The summed E-state index contributed by atoms with van der Waals surface area (Å²) in [6.45, 7) is 9.86. The van der Waals surface area contributed by atoms with Gasteiger partial charge in [-0.15, -0.1) is 0 Å². The normalized spacial score (nSPS) is 36.8. The van der Waals surface area contributed by atoms with E-state index < -0.39 is 0 Å². The summed E-state index contributed by atoms with van der Waals surface area (Å²) in [5.74, 6) is 1.30. The molecule has 1 aliphatic heterocycles. The van der Waals surface area contributed by atoms with Crippen LogP contribution >= 0.6 is 0 Å². The largest absolute Gasteiger partial charge is 0.352 e. The second-order valence-corrected chi connectivity index (χ2v) is 7.11. The maximum atomic E-state index is 12.5. The van der Waals surface area contributed by atoms with E-state index in [9.17, 15) is 4.79 Å². The van der Waals surface area contributed by atoms with Crippen LogP contribution in [0.3, 0.4) is 0 Å². The highest BCUT2D eigenvalue weighted by Gasteiger charge is 2.35. The van der Waals surface area contributed by atoms with Gasteiger partial charge in [-0.3, -0.25) is 4.79 Å². The molecule has 2 aliphatic rings. The van der Waals surface area contributed by atoms with Crippen LogP contribution in [0.5, 0.6) is 0 Å². The van der Waals surface area contributed by atoms with E-state index in [4.69, 9.17) is 5.73 Å². The predicted octanol–water partition coefficient (Wildman–Crippen LogP) is 1.60. The number of amides is 1. The van der Waals surface area contributed by atoms with Gasteiger partial charge >= 0.3 is 0 Å². The molecule has 5 unspecified atom stereocenters. The fourth-order valence-corrected chi connectivity index (χ4v) is 3.80. The van der Waals surface area contributed by atoms with Crippen molar-refractivity contribution in [1.82, 2.24) is 10.2 Å². The smallest absolute Gasteiger partial charge is 0.223 e. The van der Waals surface area contributed by atoms with Crippen LogP contribution in [-0.4, -0.2) is 42.5 Å². The number of hydrogen-bond donors (Lipinski definition) is 2. The van der Waals surface area contributed by atoms with Crippen LogP contribution in [0, 0.1) is 17.8 Å². The molecule has 116 valence electrons. The molecular weight excluding hydrogens is 250 g/mol. The number of nitrogens with one attached hydrogen (secondary N) is 1. The van der Waals surface area contributed by atoms with Gasteiger partial charge in [-0.05, 0) is 57.5 Å². The summed E-state index contributed by atoms with van der Waals surface area (Å²) in [5.41, 5.74) is 6.14. The zero-order chi connectivity index (χ0) is 14.7. The highest BCUT2D eigenvalue weighted by molar-refractivity contribution is 5.79. The Bertz CT molecular complexity index is 328.